The molecule has 122 valence electrons. The number of aryl methyl sites for hydroxylation is 1. The predicted molar refractivity (Wildman–Crippen MR) is 91.4 cm³/mol. The van der Waals surface area contributed by atoms with Gasteiger partial charge in [0.25, 0.3) is 5.91 Å². The minimum Gasteiger partial charge on any atom is -0.467 e. The Morgan fingerprint density at radius 3 is 2.71 bits per heavy atom. The van der Waals surface area contributed by atoms with Crippen LogP contribution in [-0.2, 0) is 6.54 Å². The lowest BCUT2D eigenvalue weighted by atomic mass is 10.3. The Kier molecular flexibility index (Phi) is 4.77. The summed E-state index contributed by atoms with van der Waals surface area (Å²) in [5.41, 5.74) is 1.75. The van der Waals surface area contributed by atoms with E-state index >= 15 is 0 Å². The van der Waals surface area contributed by atoms with E-state index in [9.17, 15) is 4.79 Å². The fraction of sp³-hybridized carbons (Fsp3) is 0.118. The van der Waals surface area contributed by atoms with Gasteiger partial charge in [-0.3, -0.25) is 4.79 Å². The van der Waals surface area contributed by atoms with Crippen LogP contribution in [0.25, 0.3) is 0 Å². The van der Waals surface area contributed by atoms with E-state index in [4.69, 9.17) is 16.0 Å². The van der Waals surface area contributed by atoms with Crippen LogP contribution in [0.3, 0.4) is 0 Å². The molecule has 0 fully saturated rings. The summed E-state index contributed by atoms with van der Waals surface area (Å²) in [6, 6.07) is 12.3. The van der Waals surface area contributed by atoms with Crippen molar-refractivity contribution in [2.24, 2.45) is 0 Å². The summed E-state index contributed by atoms with van der Waals surface area (Å²) in [5, 5.41) is 6.46. The number of rotatable bonds is 5. The Morgan fingerprint density at radius 1 is 1.21 bits per heavy atom. The number of nitrogens with one attached hydrogen (secondary N) is 2. The van der Waals surface area contributed by atoms with E-state index in [-0.39, 0.29) is 11.6 Å². The van der Waals surface area contributed by atoms with Crippen molar-refractivity contribution in [3.8, 4) is 0 Å². The van der Waals surface area contributed by atoms with Crippen molar-refractivity contribution in [2.75, 3.05) is 5.32 Å². The third-order valence-electron chi connectivity index (χ3n) is 3.19. The predicted octanol–water partition coefficient (Wildman–Crippen LogP) is 3.71. The van der Waals surface area contributed by atoms with E-state index in [1.165, 1.54) is 0 Å². The second-order valence-corrected chi connectivity index (χ2v) is 5.55. The molecule has 0 spiro atoms. The van der Waals surface area contributed by atoms with Crippen molar-refractivity contribution in [1.82, 2.24) is 15.3 Å². The molecular formula is C17H15ClN4O2. The Hall–Kier alpha value is -2.86. The van der Waals surface area contributed by atoms with Gasteiger partial charge in [-0.1, -0.05) is 11.6 Å². The minimum atomic E-state index is -0.295. The maximum Gasteiger partial charge on any atom is 0.270 e. The van der Waals surface area contributed by atoms with Crippen LogP contribution in [0.5, 0.6) is 0 Å². The van der Waals surface area contributed by atoms with Crippen LogP contribution < -0.4 is 10.6 Å². The first-order valence-electron chi connectivity index (χ1n) is 7.29. The molecule has 0 saturated heterocycles. The SMILES string of the molecule is Cc1cc(C(=O)NCc2ccco2)nc(Nc2ccc(Cl)cc2)n1. The van der Waals surface area contributed by atoms with Gasteiger partial charge in [-0.25, -0.2) is 9.97 Å². The number of amides is 1. The summed E-state index contributed by atoms with van der Waals surface area (Å²) in [6.45, 7) is 2.10. The van der Waals surface area contributed by atoms with E-state index in [1.54, 1.807) is 43.5 Å². The van der Waals surface area contributed by atoms with Crippen molar-refractivity contribution in [3.05, 3.63) is 70.9 Å². The molecule has 2 heterocycles. The van der Waals surface area contributed by atoms with Crippen molar-refractivity contribution in [2.45, 2.75) is 13.5 Å². The fourth-order valence-electron chi connectivity index (χ4n) is 2.07. The lowest BCUT2D eigenvalue weighted by Gasteiger charge is -2.08. The number of carbonyl (C=O) groups excluding carboxylic acids is 1. The zero-order chi connectivity index (χ0) is 16.9. The van der Waals surface area contributed by atoms with Crippen LogP contribution in [-0.4, -0.2) is 15.9 Å². The monoisotopic (exact) mass is 342 g/mol. The summed E-state index contributed by atoms with van der Waals surface area (Å²) in [6.07, 6.45) is 1.56. The van der Waals surface area contributed by atoms with Gasteiger partial charge in [-0.15, -0.1) is 0 Å². The number of nitrogens with zero attached hydrogens (tertiary/aromatic N) is 2. The molecule has 1 aromatic carbocycles. The lowest BCUT2D eigenvalue weighted by Crippen LogP contribution is -2.24. The number of halogens is 1. The Balaban J connectivity index is 1.73. The standard InChI is InChI=1S/C17H15ClN4O2/c1-11-9-15(16(23)19-10-14-3-2-8-24-14)22-17(20-11)21-13-6-4-12(18)5-7-13/h2-9H,10H2,1H3,(H,19,23)(H,20,21,22). The van der Waals surface area contributed by atoms with Gasteiger partial charge in [-0.05, 0) is 49.4 Å². The summed E-state index contributed by atoms with van der Waals surface area (Å²) in [7, 11) is 0. The van der Waals surface area contributed by atoms with Gasteiger partial charge in [0.1, 0.15) is 11.5 Å². The largest absolute Gasteiger partial charge is 0.467 e. The molecule has 1 amide bonds. The topological polar surface area (TPSA) is 80.0 Å². The fourth-order valence-corrected chi connectivity index (χ4v) is 2.20. The second kappa shape index (κ2) is 7.14. The van der Waals surface area contributed by atoms with Gasteiger partial charge in [0.2, 0.25) is 5.95 Å². The molecule has 6 nitrogen and oxygen atoms in total. The number of carbonyl (C=O) groups is 1. The lowest BCUT2D eigenvalue weighted by molar-refractivity contribution is 0.0943. The van der Waals surface area contributed by atoms with Gasteiger partial charge in [0.05, 0.1) is 12.8 Å². The highest BCUT2D eigenvalue weighted by atomic mass is 35.5. The molecule has 0 aliphatic carbocycles. The highest BCUT2D eigenvalue weighted by Crippen LogP contribution is 2.17. The smallest absolute Gasteiger partial charge is 0.270 e. The first kappa shape index (κ1) is 16.0. The van der Waals surface area contributed by atoms with Crippen LogP contribution in [0.4, 0.5) is 11.6 Å². The van der Waals surface area contributed by atoms with Crippen LogP contribution >= 0.6 is 11.6 Å². The van der Waals surface area contributed by atoms with E-state index in [2.05, 4.69) is 20.6 Å². The molecule has 0 radical (unpaired) electrons. The second-order valence-electron chi connectivity index (χ2n) is 5.11. The highest BCUT2D eigenvalue weighted by Gasteiger charge is 2.11. The van der Waals surface area contributed by atoms with E-state index in [1.807, 2.05) is 12.1 Å². The average Bonchev–Trinajstić information content (AvgIpc) is 3.08. The van der Waals surface area contributed by atoms with Crippen molar-refractivity contribution < 1.29 is 9.21 Å². The third kappa shape index (κ3) is 4.11. The number of aromatic nitrogens is 2. The Morgan fingerprint density at radius 2 is 2.00 bits per heavy atom. The summed E-state index contributed by atoms with van der Waals surface area (Å²) >= 11 is 5.86. The maximum atomic E-state index is 12.3. The van der Waals surface area contributed by atoms with E-state index < -0.39 is 0 Å². The van der Waals surface area contributed by atoms with E-state index in [0.29, 0.717) is 29.0 Å². The molecular weight excluding hydrogens is 328 g/mol. The van der Waals surface area contributed by atoms with Gasteiger partial charge in [0, 0.05) is 16.4 Å². The first-order chi connectivity index (χ1) is 11.6. The molecule has 24 heavy (non-hydrogen) atoms. The van der Waals surface area contributed by atoms with Gasteiger partial charge < -0.3 is 15.1 Å². The third-order valence-corrected chi connectivity index (χ3v) is 3.44. The molecule has 3 aromatic rings. The molecule has 7 heteroatoms. The Bertz CT molecular complexity index is 832. The quantitative estimate of drug-likeness (QED) is 0.739. The summed E-state index contributed by atoms with van der Waals surface area (Å²) in [4.78, 5) is 20.8. The first-order valence-corrected chi connectivity index (χ1v) is 7.67. The summed E-state index contributed by atoms with van der Waals surface area (Å²) in [5.74, 6) is 0.727. The zero-order valence-electron chi connectivity index (χ0n) is 12.9. The number of anilines is 2. The van der Waals surface area contributed by atoms with Crippen LogP contribution in [0.1, 0.15) is 21.9 Å². The maximum absolute atomic E-state index is 12.3. The molecule has 3 rings (SSSR count). The minimum absolute atomic E-state index is 0.283. The molecule has 0 bridgehead atoms. The highest BCUT2D eigenvalue weighted by molar-refractivity contribution is 6.30. The zero-order valence-corrected chi connectivity index (χ0v) is 13.7. The van der Waals surface area contributed by atoms with Crippen LogP contribution in [0.15, 0.2) is 53.1 Å². The van der Waals surface area contributed by atoms with Crippen molar-refractivity contribution in [1.29, 1.82) is 0 Å². The van der Waals surface area contributed by atoms with Gasteiger partial charge in [-0.2, -0.15) is 0 Å². The van der Waals surface area contributed by atoms with Crippen molar-refractivity contribution in [3.63, 3.8) is 0 Å². The number of furan rings is 1. The number of hydrogen-bond acceptors (Lipinski definition) is 5. The number of benzene rings is 1. The molecule has 0 aliphatic heterocycles. The normalized spacial score (nSPS) is 10.4. The summed E-state index contributed by atoms with van der Waals surface area (Å²) < 4.78 is 5.19. The van der Waals surface area contributed by atoms with Crippen LogP contribution in [0, 0.1) is 6.92 Å². The molecule has 2 N–H and O–H groups in total. The molecule has 0 unspecified atom stereocenters. The van der Waals surface area contributed by atoms with E-state index in [0.717, 1.165) is 5.69 Å². The van der Waals surface area contributed by atoms with Gasteiger partial charge in [0.15, 0.2) is 0 Å². The van der Waals surface area contributed by atoms with Crippen molar-refractivity contribution >= 4 is 29.1 Å². The van der Waals surface area contributed by atoms with Crippen LogP contribution in [0.2, 0.25) is 5.02 Å². The number of hydrogen-bond donors (Lipinski definition) is 2. The molecule has 0 atom stereocenters. The van der Waals surface area contributed by atoms with Gasteiger partial charge >= 0.3 is 0 Å². The molecule has 0 saturated carbocycles. The molecule has 2 aromatic heterocycles. The average molecular weight is 343 g/mol. The Labute approximate surface area is 143 Å². The molecule has 0 aliphatic rings.